The SMILES string of the molecule is COC(=O)C1CN(C(C)=O)C(C#N)=CC1c1ccccc1. The molecule has 0 spiro atoms. The molecule has 108 valence electrons. The number of ether oxygens (including phenoxy) is 1. The van der Waals surface area contributed by atoms with Gasteiger partial charge in [-0.3, -0.25) is 9.59 Å². The topological polar surface area (TPSA) is 70.4 Å². The molecule has 0 radical (unpaired) electrons. The number of rotatable bonds is 2. The Kier molecular flexibility index (Phi) is 4.39. The van der Waals surface area contributed by atoms with Gasteiger partial charge >= 0.3 is 5.97 Å². The Hall–Kier alpha value is -2.61. The van der Waals surface area contributed by atoms with E-state index in [2.05, 4.69) is 0 Å². The van der Waals surface area contributed by atoms with Crippen LogP contribution >= 0.6 is 0 Å². The summed E-state index contributed by atoms with van der Waals surface area (Å²) >= 11 is 0. The molecule has 5 heteroatoms. The fraction of sp³-hybridized carbons (Fsp3) is 0.312. The predicted molar refractivity (Wildman–Crippen MR) is 75.8 cm³/mol. The Labute approximate surface area is 123 Å². The minimum Gasteiger partial charge on any atom is -0.469 e. The van der Waals surface area contributed by atoms with Gasteiger partial charge in [0.1, 0.15) is 11.8 Å². The Balaban J connectivity index is 2.48. The van der Waals surface area contributed by atoms with E-state index in [1.54, 1.807) is 6.08 Å². The van der Waals surface area contributed by atoms with Crippen LogP contribution in [0.1, 0.15) is 18.4 Å². The summed E-state index contributed by atoms with van der Waals surface area (Å²) in [5, 5.41) is 9.23. The summed E-state index contributed by atoms with van der Waals surface area (Å²) in [5.74, 6) is -1.44. The van der Waals surface area contributed by atoms with E-state index in [9.17, 15) is 14.9 Å². The van der Waals surface area contributed by atoms with Gasteiger partial charge in [0, 0.05) is 19.4 Å². The van der Waals surface area contributed by atoms with Crippen LogP contribution in [0.4, 0.5) is 0 Å². The molecule has 2 rings (SSSR count). The smallest absolute Gasteiger partial charge is 0.311 e. The van der Waals surface area contributed by atoms with Crippen molar-refractivity contribution in [2.24, 2.45) is 5.92 Å². The molecule has 1 aliphatic heterocycles. The normalized spacial score (nSPS) is 21.2. The molecule has 0 N–H and O–H groups in total. The molecule has 0 bridgehead atoms. The number of amides is 1. The molecule has 0 aromatic heterocycles. The zero-order chi connectivity index (χ0) is 15.4. The van der Waals surface area contributed by atoms with E-state index >= 15 is 0 Å². The summed E-state index contributed by atoms with van der Waals surface area (Å²) in [6.45, 7) is 1.53. The van der Waals surface area contributed by atoms with Crippen molar-refractivity contribution in [1.82, 2.24) is 4.90 Å². The molecule has 2 atom stereocenters. The van der Waals surface area contributed by atoms with Crippen molar-refractivity contribution in [3.63, 3.8) is 0 Å². The number of benzene rings is 1. The van der Waals surface area contributed by atoms with E-state index < -0.39 is 5.92 Å². The summed E-state index contributed by atoms with van der Waals surface area (Å²) in [4.78, 5) is 25.0. The molecular formula is C16H16N2O3. The Bertz CT molecular complexity index is 616. The van der Waals surface area contributed by atoms with E-state index in [1.807, 2.05) is 36.4 Å². The van der Waals surface area contributed by atoms with Crippen molar-refractivity contribution in [3.05, 3.63) is 47.7 Å². The highest BCUT2D eigenvalue weighted by molar-refractivity contribution is 5.80. The monoisotopic (exact) mass is 284 g/mol. The number of esters is 1. The molecule has 0 fully saturated rings. The van der Waals surface area contributed by atoms with Gasteiger partial charge in [0.25, 0.3) is 0 Å². The number of hydrogen-bond donors (Lipinski definition) is 0. The maximum atomic E-state index is 12.0. The molecule has 0 saturated heterocycles. The number of carbonyl (C=O) groups is 2. The van der Waals surface area contributed by atoms with Crippen LogP contribution in [0.2, 0.25) is 0 Å². The highest BCUT2D eigenvalue weighted by Crippen LogP contribution is 2.34. The maximum Gasteiger partial charge on any atom is 0.311 e. The van der Waals surface area contributed by atoms with Gasteiger partial charge in [-0.15, -0.1) is 0 Å². The molecule has 1 amide bonds. The summed E-state index contributed by atoms with van der Waals surface area (Å²) in [6, 6.07) is 11.5. The number of nitrogens with zero attached hydrogens (tertiary/aromatic N) is 2. The van der Waals surface area contributed by atoms with Gasteiger partial charge in [0.2, 0.25) is 5.91 Å². The molecule has 5 nitrogen and oxygen atoms in total. The fourth-order valence-corrected chi connectivity index (χ4v) is 2.56. The Morgan fingerprint density at radius 2 is 2.00 bits per heavy atom. The molecule has 1 aromatic carbocycles. The van der Waals surface area contributed by atoms with Crippen LogP contribution < -0.4 is 0 Å². The summed E-state index contributed by atoms with van der Waals surface area (Å²) < 4.78 is 4.85. The van der Waals surface area contributed by atoms with Gasteiger partial charge in [-0.25, -0.2) is 0 Å². The first kappa shape index (κ1) is 14.8. The molecule has 1 aromatic rings. The van der Waals surface area contributed by atoms with Gasteiger partial charge in [0.15, 0.2) is 0 Å². The predicted octanol–water partition coefficient (Wildman–Crippen LogP) is 1.83. The minimum absolute atomic E-state index is 0.154. The zero-order valence-corrected chi connectivity index (χ0v) is 11.9. The van der Waals surface area contributed by atoms with Gasteiger partial charge in [-0.2, -0.15) is 5.26 Å². The summed E-state index contributed by atoms with van der Waals surface area (Å²) in [5.41, 5.74) is 1.19. The van der Waals surface area contributed by atoms with Gasteiger partial charge < -0.3 is 9.64 Å². The second-order valence-electron chi connectivity index (χ2n) is 4.86. The third-order valence-corrected chi connectivity index (χ3v) is 3.62. The van der Waals surface area contributed by atoms with Crippen molar-refractivity contribution in [2.45, 2.75) is 12.8 Å². The Morgan fingerprint density at radius 1 is 1.33 bits per heavy atom. The van der Waals surface area contributed by atoms with Crippen LogP contribution in [0.15, 0.2) is 42.1 Å². The van der Waals surface area contributed by atoms with Gasteiger partial charge in [-0.05, 0) is 11.6 Å². The van der Waals surface area contributed by atoms with Crippen LogP contribution in [0, 0.1) is 17.2 Å². The average molecular weight is 284 g/mol. The van der Waals surface area contributed by atoms with E-state index in [0.29, 0.717) is 0 Å². The largest absolute Gasteiger partial charge is 0.469 e. The average Bonchev–Trinajstić information content (AvgIpc) is 2.53. The van der Waals surface area contributed by atoms with Crippen molar-refractivity contribution in [1.29, 1.82) is 5.26 Å². The number of allylic oxidation sites excluding steroid dienone is 2. The molecular weight excluding hydrogens is 268 g/mol. The van der Waals surface area contributed by atoms with Crippen LogP contribution in [0.3, 0.4) is 0 Å². The zero-order valence-electron chi connectivity index (χ0n) is 11.9. The lowest BCUT2D eigenvalue weighted by Gasteiger charge is -2.34. The Morgan fingerprint density at radius 3 is 2.52 bits per heavy atom. The maximum absolute atomic E-state index is 12.0. The molecule has 2 unspecified atom stereocenters. The lowest BCUT2D eigenvalue weighted by Crippen LogP contribution is -2.42. The third kappa shape index (κ3) is 2.95. The molecule has 21 heavy (non-hydrogen) atoms. The quantitative estimate of drug-likeness (QED) is 0.777. The van der Waals surface area contributed by atoms with Crippen molar-refractivity contribution in [2.75, 3.05) is 13.7 Å². The van der Waals surface area contributed by atoms with E-state index in [0.717, 1.165) is 5.56 Å². The second kappa shape index (κ2) is 6.23. The number of carbonyl (C=O) groups excluding carboxylic acids is 2. The van der Waals surface area contributed by atoms with E-state index in [4.69, 9.17) is 4.74 Å². The lowest BCUT2D eigenvalue weighted by molar-refractivity contribution is -0.147. The highest BCUT2D eigenvalue weighted by atomic mass is 16.5. The lowest BCUT2D eigenvalue weighted by atomic mass is 9.82. The van der Waals surface area contributed by atoms with Crippen LogP contribution in [0.5, 0.6) is 0 Å². The van der Waals surface area contributed by atoms with E-state index in [1.165, 1.54) is 18.9 Å². The first-order chi connectivity index (χ1) is 10.1. The highest BCUT2D eigenvalue weighted by Gasteiger charge is 2.37. The fourth-order valence-electron chi connectivity index (χ4n) is 2.56. The van der Waals surface area contributed by atoms with Crippen LogP contribution in [0.25, 0.3) is 0 Å². The molecule has 0 aliphatic carbocycles. The molecule has 1 heterocycles. The first-order valence-corrected chi connectivity index (χ1v) is 6.61. The van der Waals surface area contributed by atoms with Gasteiger partial charge in [-0.1, -0.05) is 30.3 Å². The van der Waals surface area contributed by atoms with Crippen molar-refractivity contribution >= 4 is 11.9 Å². The van der Waals surface area contributed by atoms with E-state index in [-0.39, 0.29) is 30.0 Å². The number of nitriles is 1. The number of hydrogen-bond acceptors (Lipinski definition) is 4. The minimum atomic E-state index is -0.515. The molecule has 1 aliphatic rings. The van der Waals surface area contributed by atoms with Crippen molar-refractivity contribution < 1.29 is 14.3 Å². The van der Waals surface area contributed by atoms with Crippen LogP contribution in [-0.2, 0) is 14.3 Å². The second-order valence-corrected chi connectivity index (χ2v) is 4.86. The standard InChI is InChI=1S/C16H16N2O3/c1-11(19)18-10-15(16(20)21-2)14(8-13(18)9-17)12-6-4-3-5-7-12/h3-8,14-15H,10H2,1-2H3. The van der Waals surface area contributed by atoms with Gasteiger partial charge in [0.05, 0.1) is 13.0 Å². The number of methoxy groups -OCH3 is 1. The first-order valence-electron chi connectivity index (χ1n) is 6.61. The summed E-state index contributed by atoms with van der Waals surface area (Å²) in [6.07, 6.45) is 1.67. The van der Waals surface area contributed by atoms with Crippen LogP contribution in [-0.4, -0.2) is 30.4 Å². The van der Waals surface area contributed by atoms with Crippen molar-refractivity contribution in [3.8, 4) is 6.07 Å². The molecule has 0 saturated carbocycles. The summed E-state index contributed by atoms with van der Waals surface area (Å²) in [7, 11) is 1.33. The third-order valence-electron chi connectivity index (χ3n) is 3.62.